The minimum absolute atomic E-state index is 0.163. The summed E-state index contributed by atoms with van der Waals surface area (Å²) in [7, 11) is 0. The van der Waals surface area contributed by atoms with Gasteiger partial charge in [0.25, 0.3) is 0 Å². The van der Waals surface area contributed by atoms with Gasteiger partial charge in [0.05, 0.1) is 17.1 Å². The van der Waals surface area contributed by atoms with E-state index in [0.717, 1.165) is 13.0 Å². The quantitative estimate of drug-likeness (QED) is 0.794. The summed E-state index contributed by atoms with van der Waals surface area (Å²) in [6.45, 7) is 2.83. The van der Waals surface area contributed by atoms with Crippen molar-refractivity contribution in [3.63, 3.8) is 0 Å². The maximum atomic E-state index is 12.1. The third-order valence-corrected chi connectivity index (χ3v) is 3.12. The fourth-order valence-electron chi connectivity index (χ4n) is 2.16. The topological polar surface area (TPSA) is 68.3 Å². The van der Waals surface area contributed by atoms with E-state index >= 15 is 0 Å². The van der Waals surface area contributed by atoms with E-state index in [2.05, 4.69) is 12.0 Å². The average Bonchev–Trinajstić information content (AvgIpc) is 2.92. The molecule has 0 aliphatic rings. The maximum Gasteiger partial charge on any atom is 0.235 e. The van der Waals surface area contributed by atoms with Gasteiger partial charge >= 0.3 is 0 Å². The molecule has 0 bridgehead atoms. The van der Waals surface area contributed by atoms with Gasteiger partial charge in [-0.15, -0.1) is 0 Å². The molecule has 0 amide bonds. The number of aryl methyl sites for hydroxylation is 1. The van der Waals surface area contributed by atoms with Gasteiger partial charge in [-0.25, -0.2) is 0 Å². The summed E-state index contributed by atoms with van der Waals surface area (Å²) in [5.41, 5.74) is 0.623. The highest BCUT2D eigenvalue weighted by Gasteiger charge is 2.16. The van der Waals surface area contributed by atoms with Crippen LogP contribution >= 0.6 is 0 Å². The number of aromatic hydroxyl groups is 1. The number of rotatable bonds is 3. The molecule has 0 atom stereocenters. The lowest BCUT2D eigenvalue weighted by molar-refractivity contribution is 0.449. The minimum Gasteiger partial charge on any atom is -0.502 e. The molecule has 0 aliphatic carbocycles. The highest BCUT2D eigenvalue weighted by Crippen LogP contribution is 2.29. The van der Waals surface area contributed by atoms with Gasteiger partial charge in [0.15, 0.2) is 5.76 Å². The zero-order valence-electron chi connectivity index (χ0n) is 11.0. The van der Waals surface area contributed by atoms with E-state index in [1.165, 1.54) is 0 Å². The Morgan fingerprint density at radius 2 is 2.15 bits per heavy atom. The summed E-state index contributed by atoms with van der Waals surface area (Å²) < 4.78 is 7.40. The second-order valence-electron chi connectivity index (χ2n) is 4.60. The average molecular weight is 270 g/mol. The van der Waals surface area contributed by atoms with Crippen molar-refractivity contribution < 1.29 is 9.52 Å². The molecule has 2 aromatic heterocycles. The van der Waals surface area contributed by atoms with E-state index in [4.69, 9.17) is 4.42 Å². The first kappa shape index (κ1) is 12.5. The third-order valence-electron chi connectivity index (χ3n) is 3.12. The van der Waals surface area contributed by atoms with Crippen LogP contribution in [0.5, 0.6) is 5.75 Å². The van der Waals surface area contributed by atoms with Crippen LogP contribution in [0.15, 0.2) is 45.9 Å². The van der Waals surface area contributed by atoms with Gasteiger partial charge in [-0.2, -0.15) is 5.10 Å². The number of para-hydroxylation sites is 1. The van der Waals surface area contributed by atoms with Gasteiger partial charge in [-0.05, 0) is 18.6 Å². The molecular weight excluding hydrogens is 256 g/mol. The molecule has 0 radical (unpaired) electrons. The Hall–Kier alpha value is -2.56. The molecule has 102 valence electrons. The Balaban J connectivity index is 2.20. The third kappa shape index (κ3) is 1.97. The molecule has 0 fully saturated rings. The molecular formula is C15H14N2O3. The van der Waals surface area contributed by atoms with Crippen molar-refractivity contribution in [2.45, 2.75) is 19.9 Å². The number of fused-ring (bicyclic) bond motifs is 1. The van der Waals surface area contributed by atoms with E-state index in [1.54, 1.807) is 41.3 Å². The highest BCUT2D eigenvalue weighted by molar-refractivity contribution is 5.81. The number of hydrogen-bond donors (Lipinski definition) is 1. The zero-order chi connectivity index (χ0) is 14.1. The number of nitrogens with zero attached hydrogens (tertiary/aromatic N) is 2. The fraction of sp³-hybridized carbons (Fsp3) is 0.200. The lowest BCUT2D eigenvalue weighted by Crippen LogP contribution is -2.02. The smallest absolute Gasteiger partial charge is 0.235 e. The van der Waals surface area contributed by atoms with Crippen molar-refractivity contribution in [3.8, 4) is 17.1 Å². The van der Waals surface area contributed by atoms with Gasteiger partial charge in [-0.1, -0.05) is 19.1 Å². The minimum atomic E-state index is -0.426. The van der Waals surface area contributed by atoms with Gasteiger partial charge in [0.2, 0.25) is 11.2 Å². The Kier molecular flexibility index (Phi) is 3.02. The van der Waals surface area contributed by atoms with Gasteiger partial charge in [0, 0.05) is 12.7 Å². The van der Waals surface area contributed by atoms with E-state index in [-0.39, 0.29) is 11.5 Å². The van der Waals surface area contributed by atoms with Crippen LogP contribution in [0.4, 0.5) is 0 Å². The Bertz CT molecular complexity index is 817. The van der Waals surface area contributed by atoms with Crippen LogP contribution in [0.3, 0.4) is 0 Å². The Labute approximate surface area is 115 Å². The second kappa shape index (κ2) is 4.85. The van der Waals surface area contributed by atoms with E-state index < -0.39 is 5.43 Å². The lowest BCUT2D eigenvalue weighted by atomic mass is 10.1. The number of benzene rings is 1. The van der Waals surface area contributed by atoms with Crippen LogP contribution in [0.25, 0.3) is 22.3 Å². The molecule has 5 heteroatoms. The van der Waals surface area contributed by atoms with Crippen LogP contribution in [-0.4, -0.2) is 14.9 Å². The van der Waals surface area contributed by atoms with Crippen LogP contribution in [0, 0.1) is 0 Å². The molecule has 5 nitrogen and oxygen atoms in total. The summed E-state index contributed by atoms with van der Waals surface area (Å²) in [6.07, 6.45) is 4.30. The fourth-order valence-corrected chi connectivity index (χ4v) is 2.16. The summed E-state index contributed by atoms with van der Waals surface area (Å²) in [5.74, 6) is -0.212. The molecule has 0 unspecified atom stereocenters. The Morgan fingerprint density at radius 3 is 2.95 bits per heavy atom. The van der Waals surface area contributed by atoms with E-state index in [1.807, 2.05) is 0 Å². The lowest BCUT2D eigenvalue weighted by Gasteiger charge is -2.03. The predicted octanol–water partition coefficient (Wildman–Crippen LogP) is 2.77. The Morgan fingerprint density at radius 1 is 1.35 bits per heavy atom. The molecule has 1 aromatic carbocycles. The first-order chi connectivity index (χ1) is 9.70. The summed E-state index contributed by atoms with van der Waals surface area (Å²) in [6, 6.07) is 6.85. The molecule has 3 rings (SSSR count). The SMILES string of the molecule is CCCn1cc(-c2oc3ccccc3c(=O)c2O)cn1. The van der Waals surface area contributed by atoms with Crippen molar-refractivity contribution in [2.75, 3.05) is 0 Å². The van der Waals surface area contributed by atoms with E-state index in [0.29, 0.717) is 16.5 Å². The first-order valence-corrected chi connectivity index (χ1v) is 6.48. The van der Waals surface area contributed by atoms with Gasteiger partial charge in [-0.3, -0.25) is 9.48 Å². The molecule has 0 saturated heterocycles. The monoisotopic (exact) mass is 270 g/mol. The van der Waals surface area contributed by atoms with Crippen molar-refractivity contribution in [1.29, 1.82) is 0 Å². The van der Waals surface area contributed by atoms with Crippen LogP contribution in [0.1, 0.15) is 13.3 Å². The zero-order valence-corrected chi connectivity index (χ0v) is 11.0. The molecule has 0 saturated carbocycles. The highest BCUT2D eigenvalue weighted by atomic mass is 16.4. The molecule has 2 heterocycles. The number of aromatic nitrogens is 2. The summed E-state index contributed by atoms with van der Waals surface area (Å²) in [5, 5.41) is 14.6. The van der Waals surface area contributed by atoms with Crippen LogP contribution in [-0.2, 0) is 6.54 Å². The van der Waals surface area contributed by atoms with E-state index in [9.17, 15) is 9.90 Å². The molecule has 1 N–H and O–H groups in total. The van der Waals surface area contributed by atoms with Crippen molar-refractivity contribution in [1.82, 2.24) is 9.78 Å². The predicted molar refractivity (Wildman–Crippen MR) is 75.7 cm³/mol. The largest absolute Gasteiger partial charge is 0.502 e. The van der Waals surface area contributed by atoms with Crippen molar-refractivity contribution in [2.24, 2.45) is 0 Å². The summed E-state index contributed by atoms with van der Waals surface area (Å²) in [4.78, 5) is 12.1. The summed E-state index contributed by atoms with van der Waals surface area (Å²) >= 11 is 0. The second-order valence-corrected chi connectivity index (χ2v) is 4.60. The number of hydrogen-bond acceptors (Lipinski definition) is 4. The molecule has 3 aromatic rings. The standard InChI is InChI=1S/C15H14N2O3/c1-2-7-17-9-10(8-16-17)15-14(19)13(18)11-5-3-4-6-12(11)20-15/h3-6,8-9,19H,2,7H2,1H3. The van der Waals surface area contributed by atoms with Gasteiger partial charge < -0.3 is 9.52 Å². The molecule has 0 spiro atoms. The van der Waals surface area contributed by atoms with Crippen molar-refractivity contribution in [3.05, 3.63) is 46.9 Å². The first-order valence-electron chi connectivity index (χ1n) is 6.48. The van der Waals surface area contributed by atoms with Crippen LogP contribution in [0.2, 0.25) is 0 Å². The molecule has 20 heavy (non-hydrogen) atoms. The van der Waals surface area contributed by atoms with Crippen molar-refractivity contribution >= 4 is 11.0 Å². The maximum absolute atomic E-state index is 12.1. The normalized spacial score (nSPS) is 11.1. The van der Waals surface area contributed by atoms with Gasteiger partial charge in [0.1, 0.15) is 5.58 Å². The van der Waals surface area contributed by atoms with Crippen LogP contribution < -0.4 is 5.43 Å². The molecule has 0 aliphatic heterocycles.